The fourth-order valence-corrected chi connectivity index (χ4v) is 2.94. The van der Waals surface area contributed by atoms with E-state index in [2.05, 4.69) is 26.2 Å². The first-order chi connectivity index (χ1) is 9.11. The van der Waals surface area contributed by atoms with Gasteiger partial charge in [0.25, 0.3) is 0 Å². The van der Waals surface area contributed by atoms with Gasteiger partial charge in [-0.05, 0) is 42.8 Å². The summed E-state index contributed by atoms with van der Waals surface area (Å²) in [5.41, 5.74) is 2.11. The van der Waals surface area contributed by atoms with Gasteiger partial charge in [-0.2, -0.15) is 0 Å². The Balaban J connectivity index is 2.27. The van der Waals surface area contributed by atoms with E-state index in [9.17, 15) is 0 Å². The number of halogens is 3. The summed E-state index contributed by atoms with van der Waals surface area (Å²) in [7, 11) is 1.91. The van der Waals surface area contributed by atoms with Crippen molar-refractivity contribution in [3.63, 3.8) is 0 Å². The van der Waals surface area contributed by atoms with Crippen LogP contribution in [0.3, 0.4) is 0 Å². The molecule has 100 valence electrons. The summed E-state index contributed by atoms with van der Waals surface area (Å²) in [6.45, 7) is 0. The molecule has 0 radical (unpaired) electrons. The normalized spacial score (nSPS) is 12.4. The quantitative estimate of drug-likeness (QED) is 0.859. The summed E-state index contributed by atoms with van der Waals surface area (Å²) < 4.78 is 0.976. The van der Waals surface area contributed by atoms with Gasteiger partial charge < -0.3 is 5.32 Å². The van der Waals surface area contributed by atoms with Crippen molar-refractivity contribution in [2.45, 2.75) is 12.5 Å². The number of nitrogens with one attached hydrogen (secondary N) is 1. The van der Waals surface area contributed by atoms with Gasteiger partial charge in [0.15, 0.2) is 0 Å². The fourth-order valence-electron chi connectivity index (χ4n) is 1.94. The third-order valence-corrected chi connectivity index (χ3v) is 4.13. The molecule has 1 heterocycles. The summed E-state index contributed by atoms with van der Waals surface area (Å²) in [4.78, 5) is 4.01. The lowest BCUT2D eigenvalue weighted by atomic mass is 10.00. The number of aromatic nitrogens is 1. The molecular weight excluding hydrogens is 347 g/mol. The van der Waals surface area contributed by atoms with E-state index >= 15 is 0 Å². The SMILES string of the molecule is CNC(Cc1ccc(Br)cc1Cl)c1ccncc1Cl. The van der Waals surface area contributed by atoms with Crippen LogP contribution in [0.15, 0.2) is 41.1 Å². The lowest BCUT2D eigenvalue weighted by molar-refractivity contribution is 0.591. The van der Waals surface area contributed by atoms with E-state index in [4.69, 9.17) is 23.2 Å². The molecule has 2 nitrogen and oxygen atoms in total. The van der Waals surface area contributed by atoms with Crippen LogP contribution in [0.1, 0.15) is 17.2 Å². The molecule has 2 aromatic rings. The minimum atomic E-state index is 0.106. The molecule has 19 heavy (non-hydrogen) atoms. The number of hydrogen-bond acceptors (Lipinski definition) is 2. The molecule has 0 spiro atoms. The van der Waals surface area contributed by atoms with E-state index in [1.54, 1.807) is 12.4 Å². The van der Waals surface area contributed by atoms with Crippen molar-refractivity contribution < 1.29 is 0 Å². The predicted octanol–water partition coefficient (Wildman–Crippen LogP) is 4.65. The molecule has 0 saturated carbocycles. The van der Waals surface area contributed by atoms with Gasteiger partial charge in [-0.1, -0.05) is 45.2 Å². The largest absolute Gasteiger partial charge is 0.313 e. The van der Waals surface area contributed by atoms with Crippen molar-refractivity contribution in [1.82, 2.24) is 10.3 Å². The Morgan fingerprint density at radius 3 is 2.68 bits per heavy atom. The molecule has 0 fully saturated rings. The molecular formula is C14H13BrCl2N2. The van der Waals surface area contributed by atoms with Gasteiger partial charge in [-0.25, -0.2) is 0 Å². The summed E-state index contributed by atoms with van der Waals surface area (Å²) in [6.07, 6.45) is 4.17. The molecule has 1 aromatic heterocycles. The highest BCUT2D eigenvalue weighted by molar-refractivity contribution is 9.10. The van der Waals surface area contributed by atoms with Gasteiger partial charge in [-0.3, -0.25) is 4.98 Å². The Morgan fingerprint density at radius 2 is 2.05 bits per heavy atom. The average Bonchev–Trinajstić information content (AvgIpc) is 2.39. The Kier molecular flexibility index (Phi) is 5.22. The van der Waals surface area contributed by atoms with Gasteiger partial charge >= 0.3 is 0 Å². The standard InChI is InChI=1S/C14H13BrCl2N2/c1-18-14(11-4-5-19-8-13(11)17)6-9-2-3-10(15)7-12(9)16/h2-5,7-8,14,18H,6H2,1H3. The van der Waals surface area contributed by atoms with Crippen LogP contribution in [0.25, 0.3) is 0 Å². The lowest BCUT2D eigenvalue weighted by Crippen LogP contribution is -2.19. The number of benzene rings is 1. The molecule has 0 aliphatic rings. The van der Waals surface area contributed by atoms with E-state index < -0.39 is 0 Å². The fraction of sp³-hybridized carbons (Fsp3) is 0.214. The minimum absolute atomic E-state index is 0.106. The van der Waals surface area contributed by atoms with Crippen LogP contribution in [0.4, 0.5) is 0 Å². The molecule has 0 bridgehead atoms. The van der Waals surface area contributed by atoms with Crippen LogP contribution in [0, 0.1) is 0 Å². The maximum atomic E-state index is 6.25. The molecule has 0 saturated heterocycles. The second-order valence-electron chi connectivity index (χ2n) is 4.18. The van der Waals surface area contributed by atoms with Crippen molar-refractivity contribution in [2.24, 2.45) is 0 Å². The van der Waals surface area contributed by atoms with E-state index in [-0.39, 0.29) is 6.04 Å². The minimum Gasteiger partial charge on any atom is -0.313 e. The molecule has 0 aliphatic carbocycles. The Bertz CT molecular complexity index is 575. The molecule has 1 aromatic carbocycles. The van der Waals surface area contributed by atoms with Crippen LogP contribution < -0.4 is 5.32 Å². The van der Waals surface area contributed by atoms with E-state index in [1.165, 1.54) is 0 Å². The monoisotopic (exact) mass is 358 g/mol. The third-order valence-electron chi connectivity index (χ3n) is 2.97. The predicted molar refractivity (Wildman–Crippen MR) is 83.9 cm³/mol. The smallest absolute Gasteiger partial charge is 0.0637 e. The first-order valence-electron chi connectivity index (χ1n) is 5.82. The molecule has 1 atom stereocenters. The summed E-state index contributed by atoms with van der Waals surface area (Å²) in [5, 5.41) is 4.68. The highest BCUT2D eigenvalue weighted by Gasteiger charge is 2.15. The van der Waals surface area contributed by atoms with Gasteiger partial charge in [-0.15, -0.1) is 0 Å². The van der Waals surface area contributed by atoms with Crippen molar-refractivity contribution >= 4 is 39.1 Å². The summed E-state index contributed by atoms with van der Waals surface area (Å²) in [6, 6.07) is 7.94. The topological polar surface area (TPSA) is 24.9 Å². The lowest BCUT2D eigenvalue weighted by Gasteiger charge is -2.18. The van der Waals surface area contributed by atoms with Crippen molar-refractivity contribution in [3.05, 3.63) is 62.3 Å². The molecule has 2 rings (SSSR count). The zero-order valence-corrected chi connectivity index (χ0v) is 13.4. The van der Waals surface area contributed by atoms with Crippen molar-refractivity contribution in [1.29, 1.82) is 0 Å². The average molecular weight is 360 g/mol. The molecule has 1 N–H and O–H groups in total. The number of rotatable bonds is 4. The highest BCUT2D eigenvalue weighted by atomic mass is 79.9. The van der Waals surface area contributed by atoms with Crippen LogP contribution in [0.5, 0.6) is 0 Å². The van der Waals surface area contributed by atoms with Crippen molar-refractivity contribution in [3.8, 4) is 0 Å². The molecule has 1 unspecified atom stereocenters. The van der Waals surface area contributed by atoms with Crippen LogP contribution in [-0.2, 0) is 6.42 Å². The first-order valence-corrected chi connectivity index (χ1v) is 7.37. The number of hydrogen-bond donors (Lipinski definition) is 1. The van der Waals surface area contributed by atoms with E-state index in [1.807, 2.05) is 31.3 Å². The second kappa shape index (κ2) is 6.71. The Morgan fingerprint density at radius 1 is 1.26 bits per heavy atom. The van der Waals surface area contributed by atoms with Gasteiger partial charge in [0.2, 0.25) is 0 Å². The maximum absolute atomic E-state index is 6.25. The van der Waals surface area contributed by atoms with Crippen LogP contribution >= 0.6 is 39.1 Å². The van der Waals surface area contributed by atoms with Crippen LogP contribution in [-0.4, -0.2) is 12.0 Å². The van der Waals surface area contributed by atoms with E-state index in [0.717, 1.165) is 27.0 Å². The zero-order chi connectivity index (χ0) is 13.8. The first kappa shape index (κ1) is 14.8. The molecule has 5 heteroatoms. The van der Waals surface area contributed by atoms with Crippen molar-refractivity contribution in [2.75, 3.05) is 7.05 Å². The molecule has 0 aliphatic heterocycles. The second-order valence-corrected chi connectivity index (χ2v) is 5.91. The summed E-state index contributed by atoms with van der Waals surface area (Å²) in [5.74, 6) is 0. The van der Waals surface area contributed by atoms with Gasteiger partial charge in [0.1, 0.15) is 0 Å². The highest BCUT2D eigenvalue weighted by Crippen LogP contribution is 2.28. The summed E-state index contributed by atoms with van der Waals surface area (Å²) >= 11 is 15.8. The number of likely N-dealkylation sites (N-methyl/N-ethyl adjacent to an activating group) is 1. The van der Waals surface area contributed by atoms with Crippen LogP contribution in [0.2, 0.25) is 10.0 Å². The van der Waals surface area contributed by atoms with Gasteiger partial charge in [0.05, 0.1) is 5.02 Å². The Hall–Kier alpha value is -0.610. The zero-order valence-electron chi connectivity index (χ0n) is 10.3. The van der Waals surface area contributed by atoms with E-state index in [0.29, 0.717) is 5.02 Å². The number of nitrogens with zero attached hydrogens (tertiary/aromatic N) is 1. The molecule has 0 amide bonds. The Labute approximate surface area is 131 Å². The number of pyridine rings is 1. The maximum Gasteiger partial charge on any atom is 0.0637 e. The third kappa shape index (κ3) is 3.69. The van der Waals surface area contributed by atoms with Gasteiger partial charge in [0, 0.05) is 27.9 Å².